The first-order valence-electron chi connectivity index (χ1n) is 8.65. The lowest BCUT2D eigenvalue weighted by molar-refractivity contribution is 0.0919. The summed E-state index contributed by atoms with van der Waals surface area (Å²) in [5.74, 6) is 0.586. The van der Waals surface area contributed by atoms with Crippen molar-refractivity contribution in [2.75, 3.05) is 20.1 Å². The van der Waals surface area contributed by atoms with Gasteiger partial charge in [-0.05, 0) is 55.8 Å². The van der Waals surface area contributed by atoms with Crippen molar-refractivity contribution < 1.29 is 13.7 Å². The van der Waals surface area contributed by atoms with Gasteiger partial charge in [-0.1, -0.05) is 17.3 Å². The van der Waals surface area contributed by atoms with Crippen LogP contribution in [0.3, 0.4) is 0 Å². The van der Waals surface area contributed by atoms with E-state index in [0.29, 0.717) is 18.3 Å². The zero-order chi connectivity index (χ0) is 17.6. The van der Waals surface area contributed by atoms with Crippen LogP contribution in [0.5, 0.6) is 0 Å². The summed E-state index contributed by atoms with van der Waals surface area (Å²) in [6.07, 6.45) is 4.38. The molecule has 3 rings (SSSR count). The van der Waals surface area contributed by atoms with Gasteiger partial charge in [0.1, 0.15) is 5.82 Å². The van der Waals surface area contributed by atoms with Gasteiger partial charge in [0.2, 0.25) is 0 Å². The van der Waals surface area contributed by atoms with Gasteiger partial charge in [0.15, 0.2) is 5.82 Å². The summed E-state index contributed by atoms with van der Waals surface area (Å²) in [6.45, 7) is 2.56. The van der Waals surface area contributed by atoms with Crippen molar-refractivity contribution in [3.05, 3.63) is 47.4 Å². The molecule has 1 fully saturated rings. The van der Waals surface area contributed by atoms with Crippen LogP contribution in [0.1, 0.15) is 41.3 Å². The molecule has 1 aromatic heterocycles. The molecule has 1 saturated heterocycles. The van der Waals surface area contributed by atoms with Crippen LogP contribution in [0, 0.1) is 11.7 Å². The zero-order valence-electron chi connectivity index (χ0n) is 14.4. The van der Waals surface area contributed by atoms with Crippen molar-refractivity contribution in [1.29, 1.82) is 0 Å². The largest absolute Gasteiger partial charge is 0.351 e. The van der Waals surface area contributed by atoms with Gasteiger partial charge in [-0.3, -0.25) is 9.69 Å². The van der Waals surface area contributed by atoms with Crippen LogP contribution < -0.4 is 5.32 Å². The fourth-order valence-corrected chi connectivity index (χ4v) is 3.27. The summed E-state index contributed by atoms with van der Waals surface area (Å²) in [4.78, 5) is 17.9. The SMILES string of the molecule is CNC(=O)c1nc(CN2CCCC(CCc3ccc(F)cc3)C2)no1. The van der Waals surface area contributed by atoms with Crippen LogP contribution in [-0.2, 0) is 13.0 Å². The molecule has 134 valence electrons. The number of halogens is 1. The zero-order valence-corrected chi connectivity index (χ0v) is 14.4. The molecule has 1 aliphatic heterocycles. The Morgan fingerprint density at radius 1 is 1.40 bits per heavy atom. The molecule has 1 N–H and O–H groups in total. The lowest BCUT2D eigenvalue weighted by Gasteiger charge is -2.31. The van der Waals surface area contributed by atoms with E-state index in [9.17, 15) is 9.18 Å². The van der Waals surface area contributed by atoms with E-state index < -0.39 is 0 Å². The minimum atomic E-state index is -0.366. The summed E-state index contributed by atoms with van der Waals surface area (Å²) < 4.78 is 17.9. The number of piperidine rings is 1. The first-order chi connectivity index (χ1) is 12.1. The Morgan fingerprint density at radius 2 is 2.20 bits per heavy atom. The maximum atomic E-state index is 13.0. The van der Waals surface area contributed by atoms with Gasteiger partial charge < -0.3 is 9.84 Å². The molecule has 0 spiro atoms. The first-order valence-corrected chi connectivity index (χ1v) is 8.65. The molecule has 1 amide bonds. The summed E-state index contributed by atoms with van der Waals surface area (Å²) in [5, 5.41) is 6.35. The highest BCUT2D eigenvalue weighted by molar-refractivity contribution is 5.89. The van der Waals surface area contributed by atoms with E-state index in [1.807, 2.05) is 12.1 Å². The van der Waals surface area contributed by atoms with Gasteiger partial charge in [-0.25, -0.2) is 4.39 Å². The third-order valence-corrected chi connectivity index (χ3v) is 4.61. The number of carbonyl (C=O) groups excluding carboxylic acids is 1. The Kier molecular flexibility index (Phi) is 5.75. The number of aryl methyl sites for hydroxylation is 1. The number of hydrogen-bond acceptors (Lipinski definition) is 5. The number of likely N-dealkylation sites (tertiary alicyclic amines) is 1. The van der Waals surface area contributed by atoms with Crippen LogP contribution in [-0.4, -0.2) is 41.1 Å². The molecule has 0 bridgehead atoms. The molecule has 0 saturated carbocycles. The minimum Gasteiger partial charge on any atom is -0.351 e. The molecule has 6 nitrogen and oxygen atoms in total. The van der Waals surface area contributed by atoms with Gasteiger partial charge >= 0.3 is 11.8 Å². The molecular weight excluding hydrogens is 323 g/mol. The Labute approximate surface area is 146 Å². The number of aromatic nitrogens is 2. The standard InChI is InChI=1S/C18H23FN4O2/c1-20-17(24)18-21-16(22-25-18)12-23-10-2-3-14(11-23)5-4-13-6-8-15(19)9-7-13/h6-9,14H,2-5,10-12H2,1H3,(H,20,24). The van der Waals surface area contributed by atoms with Crippen LogP contribution in [0.2, 0.25) is 0 Å². The van der Waals surface area contributed by atoms with E-state index in [2.05, 4.69) is 20.4 Å². The molecule has 2 aromatic rings. The molecular formula is C18H23FN4O2. The molecule has 0 radical (unpaired) electrons. The molecule has 1 aromatic carbocycles. The predicted octanol–water partition coefficient (Wildman–Crippen LogP) is 2.41. The van der Waals surface area contributed by atoms with E-state index in [-0.39, 0.29) is 17.6 Å². The second-order valence-electron chi connectivity index (χ2n) is 6.50. The molecule has 7 heteroatoms. The second-order valence-corrected chi connectivity index (χ2v) is 6.50. The maximum Gasteiger partial charge on any atom is 0.315 e. The number of amides is 1. The van der Waals surface area contributed by atoms with Crippen LogP contribution >= 0.6 is 0 Å². The number of nitrogens with zero attached hydrogens (tertiary/aromatic N) is 3. The summed E-state index contributed by atoms with van der Waals surface area (Å²) in [5.41, 5.74) is 1.17. The highest BCUT2D eigenvalue weighted by atomic mass is 19.1. The number of carbonyl (C=O) groups is 1. The van der Waals surface area contributed by atoms with E-state index in [1.54, 1.807) is 0 Å². The van der Waals surface area contributed by atoms with Crippen molar-refractivity contribution in [3.8, 4) is 0 Å². The number of benzene rings is 1. The van der Waals surface area contributed by atoms with E-state index in [1.165, 1.54) is 31.2 Å². The lowest BCUT2D eigenvalue weighted by atomic mass is 9.91. The Balaban J connectivity index is 1.50. The van der Waals surface area contributed by atoms with Crippen LogP contribution in [0.25, 0.3) is 0 Å². The van der Waals surface area contributed by atoms with Gasteiger partial charge in [-0.2, -0.15) is 4.98 Å². The molecule has 0 aliphatic carbocycles. The summed E-state index contributed by atoms with van der Waals surface area (Å²) >= 11 is 0. The molecule has 25 heavy (non-hydrogen) atoms. The predicted molar refractivity (Wildman–Crippen MR) is 90.4 cm³/mol. The monoisotopic (exact) mass is 346 g/mol. The fourth-order valence-electron chi connectivity index (χ4n) is 3.27. The van der Waals surface area contributed by atoms with Gasteiger partial charge in [0.25, 0.3) is 0 Å². The van der Waals surface area contributed by atoms with Crippen LogP contribution in [0.4, 0.5) is 4.39 Å². The van der Waals surface area contributed by atoms with Gasteiger partial charge in [0.05, 0.1) is 6.54 Å². The fraction of sp³-hybridized carbons (Fsp3) is 0.500. The Bertz CT molecular complexity index is 701. The highest BCUT2D eigenvalue weighted by Crippen LogP contribution is 2.22. The quantitative estimate of drug-likeness (QED) is 0.870. The summed E-state index contributed by atoms with van der Waals surface area (Å²) in [6, 6.07) is 6.75. The third-order valence-electron chi connectivity index (χ3n) is 4.61. The Hall–Kier alpha value is -2.28. The maximum absolute atomic E-state index is 13.0. The van der Waals surface area contributed by atoms with Crippen molar-refractivity contribution in [2.45, 2.75) is 32.2 Å². The summed E-state index contributed by atoms with van der Waals surface area (Å²) in [7, 11) is 1.53. The van der Waals surface area contributed by atoms with Gasteiger partial charge in [-0.15, -0.1) is 0 Å². The van der Waals surface area contributed by atoms with Crippen molar-refractivity contribution in [1.82, 2.24) is 20.4 Å². The van der Waals surface area contributed by atoms with E-state index >= 15 is 0 Å². The van der Waals surface area contributed by atoms with Gasteiger partial charge in [0, 0.05) is 13.6 Å². The molecule has 1 aliphatic rings. The lowest BCUT2D eigenvalue weighted by Crippen LogP contribution is -2.35. The smallest absolute Gasteiger partial charge is 0.315 e. The topological polar surface area (TPSA) is 71.3 Å². The molecule has 1 unspecified atom stereocenters. The number of hydrogen-bond donors (Lipinski definition) is 1. The number of rotatable bonds is 6. The minimum absolute atomic E-state index is 0.00219. The highest BCUT2D eigenvalue weighted by Gasteiger charge is 2.22. The van der Waals surface area contributed by atoms with Crippen molar-refractivity contribution >= 4 is 5.91 Å². The Morgan fingerprint density at radius 3 is 2.96 bits per heavy atom. The second kappa shape index (κ2) is 8.20. The normalized spacial score (nSPS) is 18.2. The first kappa shape index (κ1) is 17.5. The van der Waals surface area contributed by atoms with Crippen LogP contribution in [0.15, 0.2) is 28.8 Å². The van der Waals surface area contributed by atoms with E-state index in [0.717, 1.165) is 32.4 Å². The molecule has 1 atom stereocenters. The van der Waals surface area contributed by atoms with E-state index in [4.69, 9.17) is 4.52 Å². The van der Waals surface area contributed by atoms with Crippen molar-refractivity contribution in [2.24, 2.45) is 5.92 Å². The number of nitrogens with one attached hydrogen (secondary N) is 1. The molecule has 2 heterocycles. The van der Waals surface area contributed by atoms with Crippen molar-refractivity contribution in [3.63, 3.8) is 0 Å². The third kappa shape index (κ3) is 4.85. The average molecular weight is 346 g/mol. The average Bonchev–Trinajstić information content (AvgIpc) is 3.09.